The number of hydrogen-bond donors (Lipinski definition) is 0. The Bertz CT molecular complexity index is 832. The molecule has 25 heavy (non-hydrogen) atoms. The van der Waals surface area contributed by atoms with Gasteiger partial charge < -0.3 is 9.15 Å². The van der Waals surface area contributed by atoms with Gasteiger partial charge in [0, 0.05) is 18.9 Å². The molecule has 1 aromatic heterocycles. The van der Waals surface area contributed by atoms with Crippen LogP contribution in [0.5, 0.6) is 5.75 Å². The van der Waals surface area contributed by atoms with Gasteiger partial charge in [-0.1, -0.05) is 74.0 Å². The minimum atomic E-state index is -0.338. The summed E-state index contributed by atoms with van der Waals surface area (Å²) in [7, 11) is 0. The molecule has 128 valence electrons. The van der Waals surface area contributed by atoms with E-state index in [0.717, 1.165) is 47.5 Å². The Labute approximate surface area is 148 Å². The largest absolute Gasteiger partial charge is 0.456 e. The van der Waals surface area contributed by atoms with Gasteiger partial charge in [-0.05, 0) is 12.0 Å². The lowest BCUT2D eigenvalue weighted by Gasteiger charge is -2.07. The Morgan fingerprint density at radius 1 is 0.960 bits per heavy atom. The van der Waals surface area contributed by atoms with E-state index >= 15 is 0 Å². The van der Waals surface area contributed by atoms with Crippen molar-refractivity contribution in [2.24, 2.45) is 0 Å². The van der Waals surface area contributed by atoms with Crippen LogP contribution in [0.3, 0.4) is 0 Å². The minimum absolute atomic E-state index is 0.338. The number of carbonyl (C=O) groups is 1. The van der Waals surface area contributed by atoms with Crippen molar-refractivity contribution in [3.05, 3.63) is 66.4 Å². The fraction of sp³-hybridized carbons (Fsp3) is 0.227. The molecule has 0 radical (unpaired) electrons. The zero-order valence-corrected chi connectivity index (χ0v) is 14.6. The number of aryl methyl sites for hydroxylation is 1. The van der Waals surface area contributed by atoms with Gasteiger partial charge in [0.1, 0.15) is 11.5 Å². The quantitative estimate of drug-likeness (QED) is 0.528. The van der Waals surface area contributed by atoms with Crippen molar-refractivity contribution < 1.29 is 13.9 Å². The first kappa shape index (κ1) is 17.0. The molecule has 0 aliphatic carbocycles. The van der Waals surface area contributed by atoms with E-state index in [-0.39, 0.29) is 5.97 Å². The second-order valence-electron chi connectivity index (χ2n) is 5.99. The van der Waals surface area contributed by atoms with Crippen LogP contribution in [0.2, 0.25) is 0 Å². The molecule has 0 aliphatic heterocycles. The third-order valence-corrected chi connectivity index (χ3v) is 4.03. The fourth-order valence-electron chi connectivity index (χ4n) is 2.88. The van der Waals surface area contributed by atoms with Crippen molar-refractivity contribution in [3.63, 3.8) is 0 Å². The zero-order valence-electron chi connectivity index (χ0n) is 14.6. The van der Waals surface area contributed by atoms with E-state index in [1.54, 1.807) is 0 Å². The van der Waals surface area contributed by atoms with Gasteiger partial charge in [0.25, 0.3) is 0 Å². The summed E-state index contributed by atoms with van der Waals surface area (Å²) in [6, 6.07) is 19.9. The highest BCUT2D eigenvalue weighted by molar-refractivity contribution is 5.87. The summed E-state index contributed by atoms with van der Waals surface area (Å²) in [4.78, 5) is 11.7. The maximum atomic E-state index is 11.7. The lowest BCUT2D eigenvalue weighted by molar-refractivity contribution is -0.131. The van der Waals surface area contributed by atoms with Crippen LogP contribution in [0.25, 0.3) is 22.5 Å². The Morgan fingerprint density at radius 2 is 1.56 bits per heavy atom. The summed E-state index contributed by atoms with van der Waals surface area (Å²) in [6.45, 7) is 3.55. The maximum absolute atomic E-state index is 11.7. The summed E-state index contributed by atoms with van der Waals surface area (Å²) in [6.07, 6.45) is 2.76. The van der Waals surface area contributed by atoms with Crippen molar-refractivity contribution in [3.8, 4) is 28.2 Å². The molecule has 3 aromatic rings. The van der Waals surface area contributed by atoms with Crippen LogP contribution in [-0.2, 0) is 11.2 Å². The molecule has 0 saturated heterocycles. The third kappa shape index (κ3) is 3.82. The molecule has 3 heteroatoms. The zero-order chi connectivity index (χ0) is 17.6. The third-order valence-electron chi connectivity index (χ3n) is 4.03. The first-order valence-corrected chi connectivity index (χ1v) is 8.65. The van der Waals surface area contributed by atoms with Gasteiger partial charge in [-0.2, -0.15) is 0 Å². The summed E-state index contributed by atoms with van der Waals surface area (Å²) in [5, 5.41) is 0. The number of unbranched alkanes of at least 4 members (excludes halogenated alkanes) is 1. The van der Waals surface area contributed by atoms with E-state index in [0.29, 0.717) is 5.75 Å². The molecule has 3 rings (SSSR count). The van der Waals surface area contributed by atoms with Crippen LogP contribution < -0.4 is 4.74 Å². The van der Waals surface area contributed by atoms with Crippen LogP contribution >= 0.6 is 0 Å². The number of carbonyl (C=O) groups excluding carboxylic acids is 1. The van der Waals surface area contributed by atoms with E-state index in [1.807, 2.05) is 60.7 Å². The average molecular weight is 334 g/mol. The van der Waals surface area contributed by atoms with Crippen molar-refractivity contribution in [2.75, 3.05) is 0 Å². The van der Waals surface area contributed by atoms with Crippen LogP contribution in [-0.4, -0.2) is 5.97 Å². The smallest absolute Gasteiger partial charge is 0.308 e. The van der Waals surface area contributed by atoms with E-state index in [2.05, 4.69) is 6.92 Å². The second kappa shape index (κ2) is 7.84. The van der Waals surface area contributed by atoms with E-state index < -0.39 is 0 Å². The van der Waals surface area contributed by atoms with Gasteiger partial charge in [0.15, 0.2) is 5.75 Å². The number of hydrogen-bond acceptors (Lipinski definition) is 3. The summed E-state index contributed by atoms with van der Waals surface area (Å²) in [5.74, 6) is 1.69. The van der Waals surface area contributed by atoms with E-state index in [9.17, 15) is 4.79 Å². The summed E-state index contributed by atoms with van der Waals surface area (Å²) < 4.78 is 11.8. The monoisotopic (exact) mass is 334 g/mol. The number of ether oxygens (including phenoxy) is 1. The Kier molecular flexibility index (Phi) is 5.34. The normalized spacial score (nSPS) is 10.6. The van der Waals surface area contributed by atoms with Crippen LogP contribution in [0, 0.1) is 0 Å². The van der Waals surface area contributed by atoms with Gasteiger partial charge >= 0.3 is 5.97 Å². The maximum Gasteiger partial charge on any atom is 0.308 e. The van der Waals surface area contributed by atoms with Gasteiger partial charge in [-0.3, -0.25) is 4.79 Å². The summed E-state index contributed by atoms with van der Waals surface area (Å²) in [5.41, 5.74) is 2.79. The fourth-order valence-corrected chi connectivity index (χ4v) is 2.88. The highest BCUT2D eigenvalue weighted by atomic mass is 16.5. The van der Waals surface area contributed by atoms with Crippen LogP contribution in [0.1, 0.15) is 32.4 Å². The van der Waals surface area contributed by atoms with Crippen molar-refractivity contribution in [1.29, 1.82) is 0 Å². The van der Waals surface area contributed by atoms with E-state index in [1.165, 1.54) is 6.92 Å². The van der Waals surface area contributed by atoms with Crippen LogP contribution in [0.15, 0.2) is 65.1 Å². The van der Waals surface area contributed by atoms with E-state index in [4.69, 9.17) is 9.15 Å². The number of esters is 1. The Morgan fingerprint density at radius 3 is 2.12 bits per heavy atom. The predicted molar refractivity (Wildman–Crippen MR) is 99.5 cm³/mol. The molecular formula is C22H22O3. The number of benzene rings is 2. The Hall–Kier alpha value is -2.81. The molecule has 0 fully saturated rings. The van der Waals surface area contributed by atoms with Crippen molar-refractivity contribution in [2.45, 2.75) is 33.1 Å². The molecule has 0 aliphatic rings. The number of rotatable bonds is 6. The van der Waals surface area contributed by atoms with Gasteiger partial charge in [-0.25, -0.2) is 0 Å². The lowest BCUT2D eigenvalue weighted by Crippen LogP contribution is -2.03. The second-order valence-corrected chi connectivity index (χ2v) is 5.99. The highest BCUT2D eigenvalue weighted by Crippen LogP contribution is 2.44. The topological polar surface area (TPSA) is 39.4 Å². The molecule has 1 heterocycles. The standard InChI is InChI=1S/C22H22O3/c1-3-4-15-19-22(24-16(2)23)20(17-11-7-5-8-12-17)21(25-19)18-13-9-6-10-14-18/h5-14H,3-4,15H2,1-2H3. The molecule has 0 N–H and O–H groups in total. The van der Waals surface area contributed by atoms with Crippen LogP contribution in [0.4, 0.5) is 0 Å². The predicted octanol–water partition coefficient (Wildman–Crippen LogP) is 5.88. The van der Waals surface area contributed by atoms with Crippen molar-refractivity contribution >= 4 is 5.97 Å². The first-order valence-electron chi connectivity index (χ1n) is 8.65. The Balaban J connectivity index is 2.22. The molecular weight excluding hydrogens is 312 g/mol. The summed E-state index contributed by atoms with van der Waals surface area (Å²) >= 11 is 0. The first-order chi connectivity index (χ1) is 12.2. The van der Waals surface area contributed by atoms with Crippen molar-refractivity contribution in [1.82, 2.24) is 0 Å². The molecule has 2 aromatic carbocycles. The molecule has 0 spiro atoms. The molecule has 0 saturated carbocycles. The lowest BCUT2D eigenvalue weighted by atomic mass is 10.0. The highest BCUT2D eigenvalue weighted by Gasteiger charge is 2.24. The molecule has 0 atom stereocenters. The molecule has 0 amide bonds. The minimum Gasteiger partial charge on any atom is -0.456 e. The SMILES string of the molecule is CCCCc1oc(-c2ccccc2)c(-c2ccccc2)c1OC(C)=O. The molecule has 0 unspecified atom stereocenters. The van der Waals surface area contributed by atoms with Gasteiger partial charge in [0.05, 0.1) is 5.56 Å². The number of furan rings is 1. The molecule has 3 nitrogen and oxygen atoms in total. The molecule has 0 bridgehead atoms. The van der Waals surface area contributed by atoms with Gasteiger partial charge in [-0.15, -0.1) is 0 Å². The average Bonchev–Trinajstić information content (AvgIpc) is 2.99. The van der Waals surface area contributed by atoms with Gasteiger partial charge in [0.2, 0.25) is 0 Å².